The molecule has 0 atom stereocenters. The fourth-order valence-corrected chi connectivity index (χ4v) is 3.74. The number of morpholine rings is 1. The number of benzene rings is 2. The number of carbonyl (C=O) groups excluding carboxylic acids is 1. The average Bonchev–Trinajstić information content (AvgIpc) is 2.73. The molecule has 3 rings (SSSR count). The van der Waals surface area contributed by atoms with Gasteiger partial charge in [-0.25, -0.2) is 0 Å². The van der Waals surface area contributed by atoms with Gasteiger partial charge in [0, 0.05) is 37.9 Å². The van der Waals surface area contributed by atoms with E-state index in [2.05, 4.69) is 17.0 Å². The maximum atomic E-state index is 13.3. The Morgan fingerprint density at radius 1 is 1.10 bits per heavy atom. The molecule has 0 aliphatic carbocycles. The van der Waals surface area contributed by atoms with Crippen molar-refractivity contribution >= 4 is 11.6 Å². The molecule has 6 heteroatoms. The summed E-state index contributed by atoms with van der Waals surface area (Å²) in [6.45, 7) is 10.7. The first-order chi connectivity index (χ1) is 14.4. The lowest BCUT2D eigenvalue weighted by Gasteiger charge is -2.27. The van der Waals surface area contributed by atoms with Crippen LogP contribution in [0.5, 0.6) is 11.5 Å². The summed E-state index contributed by atoms with van der Waals surface area (Å²) in [7, 11) is 0. The van der Waals surface area contributed by atoms with Gasteiger partial charge < -0.3 is 19.8 Å². The van der Waals surface area contributed by atoms with Gasteiger partial charge in [-0.15, -0.1) is 0 Å². The number of hydrogen-bond donors (Lipinski definition) is 2. The first-order valence-electron chi connectivity index (χ1n) is 10.7. The highest BCUT2D eigenvalue weighted by Crippen LogP contribution is 2.33. The minimum absolute atomic E-state index is 0.00792. The molecule has 0 bridgehead atoms. The highest BCUT2D eigenvalue weighted by atomic mass is 16.5. The van der Waals surface area contributed by atoms with Crippen LogP contribution in [0, 0.1) is 0 Å². The van der Waals surface area contributed by atoms with E-state index in [1.54, 1.807) is 11.0 Å². The molecule has 0 spiro atoms. The fraction of sp³-hybridized carbons (Fsp3) is 0.458. The van der Waals surface area contributed by atoms with Gasteiger partial charge in [-0.1, -0.05) is 32.9 Å². The van der Waals surface area contributed by atoms with Crippen LogP contribution in [0.2, 0.25) is 0 Å². The van der Waals surface area contributed by atoms with Crippen LogP contribution in [0.4, 0.5) is 5.69 Å². The standard InChI is InChI=1S/C24H32N2O4/c1-4-9-26(24(29)21-14-20(17(2)3)22(27)15-23(21)28)19-7-5-18(6-8-19)16-25-10-12-30-13-11-25/h5-8,14-15,17,27-28H,4,9-13,16H2,1-3H3. The van der Waals surface area contributed by atoms with Crippen LogP contribution in [-0.2, 0) is 11.3 Å². The molecule has 0 saturated carbocycles. The number of hydrogen-bond acceptors (Lipinski definition) is 5. The average molecular weight is 413 g/mol. The Morgan fingerprint density at radius 2 is 1.77 bits per heavy atom. The first-order valence-corrected chi connectivity index (χ1v) is 10.7. The summed E-state index contributed by atoms with van der Waals surface area (Å²) in [5.41, 5.74) is 2.85. The van der Waals surface area contributed by atoms with E-state index in [0.717, 1.165) is 45.0 Å². The third kappa shape index (κ3) is 5.12. The van der Waals surface area contributed by atoms with Gasteiger partial charge in [0.05, 0.1) is 18.8 Å². The lowest BCUT2D eigenvalue weighted by atomic mass is 9.98. The summed E-state index contributed by atoms with van der Waals surface area (Å²) in [4.78, 5) is 17.4. The predicted molar refractivity (Wildman–Crippen MR) is 118 cm³/mol. The molecule has 1 aliphatic rings. The van der Waals surface area contributed by atoms with Crippen LogP contribution in [-0.4, -0.2) is 53.9 Å². The van der Waals surface area contributed by atoms with Crippen molar-refractivity contribution in [1.29, 1.82) is 0 Å². The van der Waals surface area contributed by atoms with E-state index < -0.39 is 0 Å². The molecule has 0 aromatic heterocycles. The van der Waals surface area contributed by atoms with Crippen LogP contribution in [0.25, 0.3) is 0 Å². The van der Waals surface area contributed by atoms with Gasteiger partial charge in [-0.05, 0) is 41.7 Å². The van der Waals surface area contributed by atoms with Crippen molar-refractivity contribution in [2.24, 2.45) is 0 Å². The zero-order chi connectivity index (χ0) is 21.7. The Morgan fingerprint density at radius 3 is 2.37 bits per heavy atom. The maximum Gasteiger partial charge on any atom is 0.262 e. The molecule has 6 nitrogen and oxygen atoms in total. The highest BCUT2D eigenvalue weighted by Gasteiger charge is 2.23. The molecule has 2 aromatic carbocycles. The SMILES string of the molecule is CCCN(C(=O)c1cc(C(C)C)c(O)cc1O)c1ccc(CN2CCOCC2)cc1. The number of rotatable bonds is 7. The zero-order valence-electron chi connectivity index (χ0n) is 18.1. The van der Waals surface area contributed by atoms with E-state index in [0.29, 0.717) is 12.1 Å². The maximum absolute atomic E-state index is 13.3. The van der Waals surface area contributed by atoms with Gasteiger partial charge in [0.1, 0.15) is 11.5 Å². The molecule has 1 saturated heterocycles. The Bertz CT molecular complexity index is 858. The van der Waals surface area contributed by atoms with Crippen molar-refractivity contribution in [2.45, 2.75) is 39.7 Å². The summed E-state index contributed by atoms with van der Waals surface area (Å²) in [6.07, 6.45) is 0.789. The number of phenols is 2. The second kappa shape index (κ2) is 9.96. The quantitative estimate of drug-likeness (QED) is 0.716. The van der Waals surface area contributed by atoms with Crippen LogP contribution in [0.15, 0.2) is 36.4 Å². The number of amides is 1. The van der Waals surface area contributed by atoms with Crippen molar-refractivity contribution in [3.8, 4) is 11.5 Å². The Balaban J connectivity index is 1.83. The number of anilines is 1. The fourth-order valence-electron chi connectivity index (χ4n) is 3.74. The minimum atomic E-state index is -0.267. The van der Waals surface area contributed by atoms with Crippen LogP contribution in [0.3, 0.4) is 0 Å². The Hall–Kier alpha value is -2.57. The number of nitrogens with zero attached hydrogens (tertiary/aromatic N) is 2. The van der Waals surface area contributed by atoms with E-state index >= 15 is 0 Å². The summed E-state index contributed by atoms with van der Waals surface area (Å²) >= 11 is 0. The van der Waals surface area contributed by atoms with E-state index in [1.165, 1.54) is 11.6 Å². The van der Waals surface area contributed by atoms with Crippen LogP contribution < -0.4 is 4.90 Å². The molecule has 1 amide bonds. The molecule has 1 fully saturated rings. The van der Waals surface area contributed by atoms with Crippen molar-refractivity contribution in [2.75, 3.05) is 37.7 Å². The largest absolute Gasteiger partial charge is 0.508 e. The van der Waals surface area contributed by atoms with E-state index in [-0.39, 0.29) is 28.9 Å². The van der Waals surface area contributed by atoms with Gasteiger partial charge >= 0.3 is 0 Å². The molecule has 162 valence electrons. The minimum Gasteiger partial charge on any atom is -0.508 e. The Labute approximate surface area is 178 Å². The second-order valence-corrected chi connectivity index (χ2v) is 8.09. The number of ether oxygens (including phenoxy) is 1. The number of aromatic hydroxyl groups is 2. The molecular formula is C24H32N2O4. The molecular weight excluding hydrogens is 380 g/mol. The second-order valence-electron chi connectivity index (χ2n) is 8.09. The van der Waals surface area contributed by atoms with Crippen molar-refractivity contribution in [3.05, 3.63) is 53.1 Å². The zero-order valence-corrected chi connectivity index (χ0v) is 18.1. The monoisotopic (exact) mass is 412 g/mol. The van der Waals surface area contributed by atoms with Gasteiger partial charge in [0.2, 0.25) is 0 Å². The molecule has 2 aromatic rings. The van der Waals surface area contributed by atoms with Crippen molar-refractivity contribution < 1.29 is 19.7 Å². The van der Waals surface area contributed by atoms with Crippen LogP contribution in [0.1, 0.15) is 54.6 Å². The summed E-state index contributed by atoms with van der Waals surface area (Å²) in [5.74, 6) is -0.422. The van der Waals surface area contributed by atoms with Gasteiger partial charge in [-0.2, -0.15) is 0 Å². The van der Waals surface area contributed by atoms with Gasteiger partial charge in [0.25, 0.3) is 5.91 Å². The number of carbonyl (C=O) groups is 1. The third-order valence-electron chi connectivity index (χ3n) is 5.45. The topological polar surface area (TPSA) is 73.2 Å². The summed E-state index contributed by atoms with van der Waals surface area (Å²) in [5, 5.41) is 20.4. The molecule has 0 radical (unpaired) electrons. The lowest BCUT2D eigenvalue weighted by Crippen LogP contribution is -2.35. The third-order valence-corrected chi connectivity index (χ3v) is 5.45. The summed E-state index contributed by atoms with van der Waals surface area (Å²) in [6, 6.07) is 10.9. The smallest absolute Gasteiger partial charge is 0.262 e. The number of phenolic OH excluding ortho intramolecular Hbond substituents is 2. The van der Waals surface area contributed by atoms with Crippen molar-refractivity contribution in [3.63, 3.8) is 0 Å². The lowest BCUT2D eigenvalue weighted by molar-refractivity contribution is 0.0342. The molecule has 2 N–H and O–H groups in total. The molecule has 1 heterocycles. The highest BCUT2D eigenvalue weighted by molar-refractivity contribution is 6.08. The first kappa shape index (κ1) is 22.1. The summed E-state index contributed by atoms with van der Waals surface area (Å²) < 4.78 is 5.40. The van der Waals surface area contributed by atoms with Crippen LogP contribution >= 0.6 is 0 Å². The van der Waals surface area contributed by atoms with E-state index in [4.69, 9.17) is 4.74 Å². The van der Waals surface area contributed by atoms with E-state index in [9.17, 15) is 15.0 Å². The van der Waals surface area contributed by atoms with Crippen molar-refractivity contribution in [1.82, 2.24) is 4.90 Å². The van der Waals surface area contributed by atoms with Gasteiger partial charge in [-0.3, -0.25) is 9.69 Å². The van der Waals surface area contributed by atoms with E-state index in [1.807, 2.05) is 32.9 Å². The molecule has 30 heavy (non-hydrogen) atoms. The predicted octanol–water partition coefficient (Wildman–Crippen LogP) is 4.11. The Kier molecular flexibility index (Phi) is 7.34. The normalized spacial score (nSPS) is 14.8. The molecule has 1 aliphatic heterocycles. The molecule has 0 unspecified atom stereocenters. The van der Waals surface area contributed by atoms with Gasteiger partial charge in [0.15, 0.2) is 0 Å².